The lowest BCUT2D eigenvalue weighted by Gasteiger charge is -2.54. The van der Waals surface area contributed by atoms with Crippen molar-refractivity contribution < 1.29 is 14.9 Å². The highest BCUT2D eigenvalue weighted by molar-refractivity contribution is 5.62. The van der Waals surface area contributed by atoms with E-state index in [1.165, 1.54) is 30.5 Å². The van der Waals surface area contributed by atoms with Gasteiger partial charge in [0.1, 0.15) is 0 Å². The van der Waals surface area contributed by atoms with Gasteiger partial charge in [0, 0.05) is 30.0 Å². The molecule has 1 heterocycles. The van der Waals surface area contributed by atoms with Gasteiger partial charge in [-0.15, -0.1) is 0 Å². The monoisotopic (exact) mass is 339 g/mol. The number of aromatic hydroxyl groups is 2. The molecular formula is C21H25NO3. The number of nitrogens with zero attached hydrogens (tertiary/aromatic N) is 1. The van der Waals surface area contributed by atoms with Gasteiger partial charge in [-0.25, -0.2) is 0 Å². The number of likely N-dealkylation sites (tertiary alicyclic amines) is 1. The van der Waals surface area contributed by atoms with Crippen LogP contribution in [0.25, 0.3) is 0 Å². The summed E-state index contributed by atoms with van der Waals surface area (Å²) in [6, 6.07) is 4.04. The van der Waals surface area contributed by atoms with Crippen LogP contribution in [0.4, 0.5) is 0 Å². The predicted octanol–water partition coefficient (Wildman–Crippen LogP) is 3.24. The lowest BCUT2D eigenvalue weighted by molar-refractivity contribution is 0.118. The Morgan fingerprint density at radius 1 is 1.24 bits per heavy atom. The topological polar surface area (TPSA) is 52.9 Å². The summed E-state index contributed by atoms with van der Waals surface area (Å²) >= 11 is 0. The van der Waals surface area contributed by atoms with Crippen LogP contribution in [0.3, 0.4) is 0 Å². The van der Waals surface area contributed by atoms with Gasteiger partial charge in [0.2, 0.25) is 0 Å². The van der Waals surface area contributed by atoms with Gasteiger partial charge < -0.3 is 14.9 Å². The van der Waals surface area contributed by atoms with E-state index in [2.05, 4.69) is 17.1 Å². The summed E-state index contributed by atoms with van der Waals surface area (Å²) in [5.74, 6) is 1.87. The zero-order valence-corrected chi connectivity index (χ0v) is 14.7. The number of fused-ring (bicyclic) bond motifs is 1. The summed E-state index contributed by atoms with van der Waals surface area (Å²) in [5, 5.41) is 20.9. The second kappa shape index (κ2) is 5.28. The Balaban J connectivity index is 1.67. The minimum Gasteiger partial charge on any atom is -0.504 e. The van der Waals surface area contributed by atoms with E-state index in [1.54, 1.807) is 13.2 Å². The average molecular weight is 339 g/mol. The summed E-state index contributed by atoms with van der Waals surface area (Å²) in [7, 11) is 1.72. The number of methoxy groups -OCH3 is 1. The van der Waals surface area contributed by atoms with E-state index in [4.69, 9.17) is 4.74 Å². The van der Waals surface area contributed by atoms with Crippen LogP contribution in [-0.4, -0.2) is 41.4 Å². The molecule has 0 amide bonds. The predicted molar refractivity (Wildman–Crippen MR) is 95.6 cm³/mol. The maximum atomic E-state index is 10.7. The summed E-state index contributed by atoms with van der Waals surface area (Å²) < 4.78 is 5.57. The van der Waals surface area contributed by atoms with E-state index in [9.17, 15) is 10.2 Å². The van der Waals surface area contributed by atoms with Crippen LogP contribution >= 0.6 is 0 Å². The SMILES string of the molecule is COC1=CC=C2C3Cc4ccc(O)c(O)c4C2(CCN3CC2CC2)C1. The highest BCUT2D eigenvalue weighted by Gasteiger charge is 2.53. The van der Waals surface area contributed by atoms with Crippen molar-refractivity contribution in [3.63, 3.8) is 0 Å². The van der Waals surface area contributed by atoms with Crippen molar-refractivity contribution in [3.8, 4) is 11.5 Å². The fourth-order valence-corrected chi connectivity index (χ4v) is 5.27. The van der Waals surface area contributed by atoms with Gasteiger partial charge in [0.15, 0.2) is 11.5 Å². The number of piperidine rings is 1. The Bertz CT molecular complexity index is 793. The molecule has 2 atom stereocenters. The number of benzene rings is 1. The van der Waals surface area contributed by atoms with Crippen LogP contribution in [0.2, 0.25) is 0 Å². The van der Waals surface area contributed by atoms with E-state index in [1.807, 2.05) is 6.07 Å². The van der Waals surface area contributed by atoms with Crippen LogP contribution < -0.4 is 0 Å². The zero-order chi connectivity index (χ0) is 17.2. The molecular weight excluding hydrogens is 314 g/mol. The number of ether oxygens (including phenoxy) is 1. The summed E-state index contributed by atoms with van der Waals surface area (Å²) in [6.45, 7) is 2.24. The normalized spacial score (nSPS) is 30.8. The van der Waals surface area contributed by atoms with Crippen LogP contribution in [-0.2, 0) is 16.6 Å². The standard InChI is InChI=1S/C21H25NO3/c1-25-15-5-6-16-17-10-14-4-7-18(23)20(24)19(14)21(16,11-15)8-9-22(17)12-13-2-3-13/h4-7,13,17,23-24H,2-3,8-12H2,1H3. The fraction of sp³-hybridized carbons (Fsp3) is 0.524. The Hall–Kier alpha value is -1.94. The minimum absolute atomic E-state index is 0.0140. The number of allylic oxidation sites excluding steroid dienone is 3. The van der Waals surface area contributed by atoms with Crippen molar-refractivity contribution in [1.29, 1.82) is 0 Å². The smallest absolute Gasteiger partial charge is 0.161 e. The molecule has 1 aromatic carbocycles. The minimum atomic E-state index is -0.235. The molecule has 1 saturated heterocycles. The van der Waals surface area contributed by atoms with Gasteiger partial charge in [0.05, 0.1) is 12.9 Å². The van der Waals surface area contributed by atoms with Gasteiger partial charge >= 0.3 is 0 Å². The highest BCUT2D eigenvalue weighted by atomic mass is 16.5. The van der Waals surface area contributed by atoms with Crippen LogP contribution in [0, 0.1) is 5.92 Å². The molecule has 1 aromatic rings. The number of phenols is 2. The Kier molecular flexibility index (Phi) is 3.23. The molecule has 4 heteroatoms. The van der Waals surface area contributed by atoms with Crippen LogP contribution in [0.15, 0.2) is 35.6 Å². The van der Waals surface area contributed by atoms with Crippen LogP contribution in [0.1, 0.15) is 36.8 Å². The first kappa shape index (κ1) is 15.3. The zero-order valence-electron chi connectivity index (χ0n) is 14.7. The third-order valence-corrected chi connectivity index (χ3v) is 6.69. The number of phenolic OH excluding ortho intramolecular Hbond substituents is 2. The molecule has 4 aliphatic rings. The highest BCUT2D eigenvalue weighted by Crippen LogP contribution is 2.57. The second-order valence-corrected chi connectivity index (χ2v) is 8.09. The number of rotatable bonds is 3. The maximum Gasteiger partial charge on any atom is 0.161 e. The summed E-state index contributed by atoms with van der Waals surface area (Å²) in [4.78, 5) is 2.65. The van der Waals surface area contributed by atoms with Crippen molar-refractivity contribution in [2.24, 2.45) is 5.92 Å². The molecule has 2 bridgehead atoms. The fourth-order valence-electron chi connectivity index (χ4n) is 5.27. The number of hydrogen-bond donors (Lipinski definition) is 2. The summed E-state index contributed by atoms with van der Waals surface area (Å²) in [6.07, 6.45) is 9.70. The van der Waals surface area contributed by atoms with Crippen molar-refractivity contribution in [2.75, 3.05) is 20.2 Å². The van der Waals surface area contributed by atoms with E-state index in [0.717, 1.165) is 43.0 Å². The first-order valence-electron chi connectivity index (χ1n) is 9.36. The molecule has 2 N–H and O–H groups in total. The van der Waals surface area contributed by atoms with E-state index < -0.39 is 0 Å². The van der Waals surface area contributed by atoms with E-state index in [0.29, 0.717) is 6.04 Å². The van der Waals surface area contributed by atoms with Crippen molar-refractivity contribution in [3.05, 3.63) is 46.7 Å². The molecule has 132 valence electrons. The molecule has 0 radical (unpaired) electrons. The Morgan fingerprint density at radius 3 is 2.84 bits per heavy atom. The molecule has 3 aliphatic carbocycles. The van der Waals surface area contributed by atoms with Gasteiger partial charge in [-0.05, 0) is 61.4 Å². The van der Waals surface area contributed by atoms with E-state index >= 15 is 0 Å². The van der Waals surface area contributed by atoms with Crippen molar-refractivity contribution >= 4 is 0 Å². The largest absolute Gasteiger partial charge is 0.504 e. The molecule has 25 heavy (non-hydrogen) atoms. The molecule has 5 rings (SSSR count). The molecule has 0 aromatic heterocycles. The lowest BCUT2D eigenvalue weighted by atomic mass is 9.57. The third-order valence-electron chi connectivity index (χ3n) is 6.69. The molecule has 0 spiro atoms. The molecule has 4 nitrogen and oxygen atoms in total. The van der Waals surface area contributed by atoms with Gasteiger partial charge in [-0.1, -0.05) is 12.1 Å². The van der Waals surface area contributed by atoms with Crippen molar-refractivity contribution in [2.45, 2.75) is 43.6 Å². The number of hydrogen-bond acceptors (Lipinski definition) is 4. The molecule has 2 fully saturated rings. The quantitative estimate of drug-likeness (QED) is 0.830. The first-order valence-corrected chi connectivity index (χ1v) is 9.36. The summed E-state index contributed by atoms with van der Waals surface area (Å²) in [5.41, 5.74) is 3.27. The van der Waals surface area contributed by atoms with Gasteiger partial charge in [-0.3, -0.25) is 4.90 Å². The van der Waals surface area contributed by atoms with Gasteiger partial charge in [-0.2, -0.15) is 0 Å². The molecule has 1 saturated carbocycles. The van der Waals surface area contributed by atoms with E-state index in [-0.39, 0.29) is 16.9 Å². The lowest BCUT2D eigenvalue weighted by Crippen LogP contribution is -2.56. The molecule has 2 unspecified atom stereocenters. The Labute approximate surface area is 148 Å². The average Bonchev–Trinajstić information content (AvgIpc) is 3.43. The maximum absolute atomic E-state index is 10.7. The first-order chi connectivity index (χ1) is 12.1. The second-order valence-electron chi connectivity index (χ2n) is 8.09. The van der Waals surface area contributed by atoms with Crippen molar-refractivity contribution in [1.82, 2.24) is 4.90 Å². The molecule has 1 aliphatic heterocycles. The third kappa shape index (κ3) is 2.16. The Morgan fingerprint density at radius 2 is 2.08 bits per heavy atom. The van der Waals surface area contributed by atoms with Gasteiger partial charge in [0.25, 0.3) is 0 Å². The van der Waals surface area contributed by atoms with Crippen LogP contribution in [0.5, 0.6) is 11.5 Å².